The number of hydrogen-bond acceptors (Lipinski definition) is 5. The average Bonchev–Trinajstić information content (AvgIpc) is 2.48. The van der Waals surface area contributed by atoms with Crippen molar-refractivity contribution in [2.45, 2.75) is 0 Å². The molecule has 7 nitrogen and oxygen atoms in total. The molecular weight excluding hydrogens is 260 g/mol. The Morgan fingerprint density at radius 2 is 1.75 bits per heavy atom. The number of anilines is 1. The molecule has 0 aliphatic heterocycles. The number of nitrogens with one attached hydrogen (secondary N) is 2. The van der Waals surface area contributed by atoms with Crippen LogP contribution in [0.1, 0.15) is 10.4 Å². The molecule has 0 unspecified atom stereocenters. The maximum atomic E-state index is 11.8. The number of benzene rings is 1. The van der Waals surface area contributed by atoms with Crippen LogP contribution in [-0.2, 0) is 0 Å². The summed E-state index contributed by atoms with van der Waals surface area (Å²) in [4.78, 5) is 31.0. The van der Waals surface area contributed by atoms with E-state index in [4.69, 9.17) is 4.74 Å². The molecule has 0 aliphatic carbocycles. The molecule has 0 saturated carbocycles. The number of imide groups is 1. The third-order valence-corrected chi connectivity index (χ3v) is 2.37. The van der Waals surface area contributed by atoms with E-state index in [0.717, 1.165) is 0 Å². The molecular formula is C13H12N4O3. The van der Waals surface area contributed by atoms with Crippen LogP contribution in [-0.4, -0.2) is 29.0 Å². The lowest BCUT2D eigenvalue weighted by Crippen LogP contribution is -2.34. The van der Waals surface area contributed by atoms with Crippen molar-refractivity contribution in [1.82, 2.24) is 15.3 Å². The zero-order chi connectivity index (χ0) is 14.4. The van der Waals surface area contributed by atoms with Crippen LogP contribution in [0.25, 0.3) is 0 Å². The van der Waals surface area contributed by atoms with Gasteiger partial charge in [0.25, 0.3) is 5.91 Å². The first kappa shape index (κ1) is 13.5. The summed E-state index contributed by atoms with van der Waals surface area (Å²) in [6.07, 6.45) is 2.96. The molecule has 1 aromatic heterocycles. The minimum Gasteiger partial charge on any atom is -0.497 e. The number of carbonyl (C=O) groups excluding carboxylic acids is 2. The molecule has 1 heterocycles. The summed E-state index contributed by atoms with van der Waals surface area (Å²) in [5.41, 5.74) is 0.343. The molecule has 3 amide bonds. The van der Waals surface area contributed by atoms with Crippen molar-refractivity contribution in [3.8, 4) is 5.75 Å². The Balaban J connectivity index is 1.95. The Morgan fingerprint density at radius 1 is 1.10 bits per heavy atom. The zero-order valence-electron chi connectivity index (χ0n) is 10.7. The average molecular weight is 272 g/mol. The number of nitrogens with zero attached hydrogens (tertiary/aromatic N) is 2. The van der Waals surface area contributed by atoms with Crippen LogP contribution in [0.15, 0.2) is 42.7 Å². The molecule has 2 N–H and O–H groups in total. The SMILES string of the molecule is COc1ccc(C(=O)NC(=O)Nc2ncccn2)cc1. The van der Waals surface area contributed by atoms with E-state index in [2.05, 4.69) is 20.6 Å². The topological polar surface area (TPSA) is 93.2 Å². The highest BCUT2D eigenvalue weighted by Crippen LogP contribution is 2.11. The van der Waals surface area contributed by atoms with Crippen LogP contribution in [0, 0.1) is 0 Å². The van der Waals surface area contributed by atoms with Crippen LogP contribution in [0.5, 0.6) is 5.75 Å². The first-order chi connectivity index (χ1) is 9.69. The van der Waals surface area contributed by atoms with Gasteiger partial charge in [0.2, 0.25) is 5.95 Å². The Morgan fingerprint density at radius 3 is 2.35 bits per heavy atom. The van der Waals surface area contributed by atoms with Gasteiger partial charge in [-0.1, -0.05) is 0 Å². The van der Waals surface area contributed by atoms with E-state index in [1.807, 2.05) is 0 Å². The number of rotatable bonds is 3. The molecule has 1 aromatic carbocycles. The van der Waals surface area contributed by atoms with Crippen molar-refractivity contribution in [2.75, 3.05) is 12.4 Å². The van der Waals surface area contributed by atoms with Gasteiger partial charge in [0, 0.05) is 18.0 Å². The van der Waals surface area contributed by atoms with Gasteiger partial charge in [0.05, 0.1) is 7.11 Å². The highest BCUT2D eigenvalue weighted by Gasteiger charge is 2.11. The summed E-state index contributed by atoms with van der Waals surface area (Å²) in [6, 6.07) is 7.30. The Hall–Kier alpha value is -2.96. The lowest BCUT2D eigenvalue weighted by molar-refractivity contribution is 0.0967. The third-order valence-electron chi connectivity index (χ3n) is 2.37. The standard InChI is InChI=1S/C13H12N4O3/c1-20-10-5-3-9(4-6-10)11(18)16-13(19)17-12-14-7-2-8-15-12/h2-8H,1H3,(H2,14,15,16,17,18,19). The van der Waals surface area contributed by atoms with E-state index >= 15 is 0 Å². The van der Waals surface area contributed by atoms with Crippen molar-refractivity contribution in [2.24, 2.45) is 0 Å². The van der Waals surface area contributed by atoms with Crippen molar-refractivity contribution in [1.29, 1.82) is 0 Å². The number of methoxy groups -OCH3 is 1. The highest BCUT2D eigenvalue weighted by atomic mass is 16.5. The number of hydrogen-bond donors (Lipinski definition) is 2. The zero-order valence-corrected chi connectivity index (χ0v) is 10.7. The fourth-order valence-corrected chi connectivity index (χ4v) is 1.41. The number of ether oxygens (including phenoxy) is 1. The maximum absolute atomic E-state index is 11.8. The van der Waals surface area contributed by atoms with E-state index in [9.17, 15) is 9.59 Å². The molecule has 2 aromatic rings. The highest BCUT2D eigenvalue weighted by molar-refractivity contribution is 6.07. The van der Waals surface area contributed by atoms with Gasteiger partial charge >= 0.3 is 6.03 Å². The normalized spacial score (nSPS) is 9.65. The third kappa shape index (κ3) is 3.52. The Kier molecular flexibility index (Phi) is 4.23. The molecule has 20 heavy (non-hydrogen) atoms. The first-order valence-corrected chi connectivity index (χ1v) is 5.72. The summed E-state index contributed by atoms with van der Waals surface area (Å²) >= 11 is 0. The number of aromatic nitrogens is 2. The fourth-order valence-electron chi connectivity index (χ4n) is 1.41. The molecule has 0 aliphatic rings. The van der Waals surface area contributed by atoms with Gasteiger partial charge in [-0.15, -0.1) is 0 Å². The van der Waals surface area contributed by atoms with Crippen molar-refractivity contribution in [3.05, 3.63) is 48.3 Å². The maximum Gasteiger partial charge on any atom is 0.328 e. The van der Waals surface area contributed by atoms with Crippen LogP contribution in [0.4, 0.5) is 10.7 Å². The molecule has 0 saturated heterocycles. The summed E-state index contributed by atoms with van der Waals surface area (Å²) in [7, 11) is 1.53. The second-order valence-corrected chi connectivity index (χ2v) is 3.71. The second-order valence-electron chi connectivity index (χ2n) is 3.71. The molecule has 0 fully saturated rings. The van der Waals surface area contributed by atoms with Gasteiger partial charge in [0.15, 0.2) is 0 Å². The van der Waals surface area contributed by atoms with Crippen molar-refractivity contribution < 1.29 is 14.3 Å². The molecule has 0 atom stereocenters. The minimum atomic E-state index is -0.697. The van der Waals surface area contributed by atoms with Crippen LogP contribution < -0.4 is 15.4 Å². The summed E-state index contributed by atoms with van der Waals surface area (Å²) in [5, 5.41) is 4.52. The smallest absolute Gasteiger partial charge is 0.328 e. The lowest BCUT2D eigenvalue weighted by Gasteiger charge is -2.05. The van der Waals surface area contributed by atoms with E-state index in [1.165, 1.54) is 19.5 Å². The number of amides is 3. The number of carbonyl (C=O) groups is 2. The Bertz CT molecular complexity index is 599. The Labute approximate surface area is 115 Å². The molecule has 0 radical (unpaired) electrons. The van der Waals surface area contributed by atoms with Crippen LogP contribution in [0.2, 0.25) is 0 Å². The van der Waals surface area contributed by atoms with Crippen molar-refractivity contribution >= 4 is 17.9 Å². The predicted octanol–water partition coefficient (Wildman–Crippen LogP) is 1.45. The summed E-state index contributed by atoms with van der Waals surface area (Å²) < 4.78 is 4.98. The van der Waals surface area contributed by atoms with Crippen LogP contribution >= 0.6 is 0 Å². The van der Waals surface area contributed by atoms with E-state index in [-0.39, 0.29) is 5.95 Å². The van der Waals surface area contributed by atoms with Gasteiger partial charge in [-0.05, 0) is 30.3 Å². The minimum absolute atomic E-state index is 0.118. The first-order valence-electron chi connectivity index (χ1n) is 5.72. The van der Waals surface area contributed by atoms with Gasteiger partial charge in [-0.3, -0.25) is 15.4 Å². The van der Waals surface area contributed by atoms with Gasteiger partial charge in [-0.25, -0.2) is 14.8 Å². The molecule has 2 rings (SSSR count). The predicted molar refractivity (Wildman–Crippen MR) is 71.5 cm³/mol. The molecule has 0 spiro atoms. The van der Waals surface area contributed by atoms with E-state index < -0.39 is 11.9 Å². The molecule has 102 valence electrons. The van der Waals surface area contributed by atoms with E-state index in [0.29, 0.717) is 11.3 Å². The largest absolute Gasteiger partial charge is 0.497 e. The number of urea groups is 1. The summed E-state index contributed by atoms with van der Waals surface area (Å²) in [5.74, 6) is 0.220. The lowest BCUT2D eigenvalue weighted by atomic mass is 10.2. The molecule has 0 bridgehead atoms. The van der Waals surface area contributed by atoms with Gasteiger partial charge in [0.1, 0.15) is 5.75 Å². The van der Waals surface area contributed by atoms with E-state index in [1.54, 1.807) is 30.3 Å². The van der Waals surface area contributed by atoms with Gasteiger partial charge in [-0.2, -0.15) is 0 Å². The summed E-state index contributed by atoms with van der Waals surface area (Å²) in [6.45, 7) is 0. The van der Waals surface area contributed by atoms with Crippen molar-refractivity contribution in [3.63, 3.8) is 0 Å². The fraction of sp³-hybridized carbons (Fsp3) is 0.0769. The monoisotopic (exact) mass is 272 g/mol. The second kappa shape index (κ2) is 6.28. The van der Waals surface area contributed by atoms with Crippen LogP contribution in [0.3, 0.4) is 0 Å². The quantitative estimate of drug-likeness (QED) is 0.882. The van der Waals surface area contributed by atoms with Gasteiger partial charge < -0.3 is 4.74 Å². The molecule has 7 heteroatoms.